The molecular formula is C17H26N2O4. The molecular weight excluding hydrogens is 296 g/mol. The van der Waals surface area contributed by atoms with Crippen molar-refractivity contribution in [1.82, 2.24) is 4.90 Å². The van der Waals surface area contributed by atoms with Crippen molar-refractivity contribution in [2.75, 3.05) is 32.6 Å². The zero-order valence-electron chi connectivity index (χ0n) is 14.3. The SMILES string of the molecule is CCCCN(CCC(=O)Nc1ccc(OC)cc1OC)C(C)=O. The van der Waals surface area contributed by atoms with Gasteiger partial charge in [-0.25, -0.2) is 0 Å². The first-order chi connectivity index (χ1) is 11.0. The molecule has 0 saturated heterocycles. The zero-order valence-corrected chi connectivity index (χ0v) is 14.3. The molecule has 0 saturated carbocycles. The first kappa shape index (κ1) is 18.8. The Bertz CT molecular complexity index is 531. The Morgan fingerprint density at radius 3 is 2.48 bits per heavy atom. The van der Waals surface area contributed by atoms with Crippen molar-refractivity contribution < 1.29 is 19.1 Å². The van der Waals surface area contributed by atoms with E-state index in [0.29, 0.717) is 30.3 Å². The Morgan fingerprint density at radius 1 is 1.17 bits per heavy atom. The van der Waals surface area contributed by atoms with E-state index < -0.39 is 0 Å². The van der Waals surface area contributed by atoms with E-state index in [-0.39, 0.29) is 18.2 Å². The first-order valence-corrected chi connectivity index (χ1v) is 7.79. The molecule has 0 fully saturated rings. The standard InChI is InChI=1S/C17H26N2O4/c1-5-6-10-19(13(2)20)11-9-17(21)18-15-8-7-14(22-3)12-16(15)23-4/h7-8,12H,5-6,9-11H2,1-4H3,(H,18,21). The predicted molar refractivity (Wildman–Crippen MR) is 90.0 cm³/mol. The van der Waals surface area contributed by atoms with Crippen molar-refractivity contribution in [2.24, 2.45) is 0 Å². The second-order valence-corrected chi connectivity index (χ2v) is 5.22. The van der Waals surface area contributed by atoms with Crippen LogP contribution in [0.25, 0.3) is 0 Å². The maximum atomic E-state index is 12.1. The quantitative estimate of drug-likeness (QED) is 0.759. The molecule has 0 heterocycles. The van der Waals surface area contributed by atoms with E-state index in [1.807, 2.05) is 0 Å². The number of unbranched alkanes of at least 4 members (excludes halogenated alkanes) is 1. The average Bonchev–Trinajstić information content (AvgIpc) is 2.54. The van der Waals surface area contributed by atoms with Gasteiger partial charge in [0.05, 0.1) is 19.9 Å². The first-order valence-electron chi connectivity index (χ1n) is 7.79. The van der Waals surface area contributed by atoms with Gasteiger partial charge in [-0.05, 0) is 18.6 Å². The number of carbonyl (C=O) groups excluding carboxylic acids is 2. The molecule has 0 atom stereocenters. The van der Waals surface area contributed by atoms with Gasteiger partial charge in [-0.15, -0.1) is 0 Å². The van der Waals surface area contributed by atoms with Crippen LogP contribution >= 0.6 is 0 Å². The van der Waals surface area contributed by atoms with E-state index in [4.69, 9.17) is 9.47 Å². The molecule has 0 aliphatic carbocycles. The predicted octanol–water partition coefficient (Wildman–Crippen LogP) is 2.68. The number of nitrogens with zero attached hydrogens (tertiary/aromatic N) is 1. The Kier molecular flexibility index (Phi) is 7.94. The third kappa shape index (κ3) is 6.18. The number of nitrogens with one attached hydrogen (secondary N) is 1. The molecule has 128 valence electrons. The maximum Gasteiger partial charge on any atom is 0.226 e. The van der Waals surface area contributed by atoms with Crippen LogP contribution in [0.15, 0.2) is 18.2 Å². The molecule has 2 amide bonds. The largest absolute Gasteiger partial charge is 0.497 e. The molecule has 6 nitrogen and oxygen atoms in total. The number of hydrogen-bond acceptors (Lipinski definition) is 4. The molecule has 1 aromatic rings. The van der Waals surface area contributed by atoms with Gasteiger partial charge < -0.3 is 19.7 Å². The van der Waals surface area contributed by atoms with Crippen LogP contribution in [0.4, 0.5) is 5.69 Å². The Morgan fingerprint density at radius 2 is 1.91 bits per heavy atom. The minimum Gasteiger partial charge on any atom is -0.497 e. The van der Waals surface area contributed by atoms with Gasteiger partial charge in [0.2, 0.25) is 11.8 Å². The third-order valence-corrected chi connectivity index (χ3v) is 3.52. The molecule has 6 heteroatoms. The summed E-state index contributed by atoms with van der Waals surface area (Å²) in [5, 5.41) is 2.81. The molecule has 0 unspecified atom stereocenters. The summed E-state index contributed by atoms with van der Waals surface area (Å²) in [7, 11) is 3.10. The minimum atomic E-state index is -0.156. The lowest BCUT2D eigenvalue weighted by atomic mass is 10.2. The molecule has 0 radical (unpaired) electrons. The van der Waals surface area contributed by atoms with E-state index in [1.165, 1.54) is 14.0 Å². The maximum absolute atomic E-state index is 12.1. The summed E-state index contributed by atoms with van der Waals surface area (Å²) in [6.07, 6.45) is 2.20. The summed E-state index contributed by atoms with van der Waals surface area (Å²) >= 11 is 0. The highest BCUT2D eigenvalue weighted by Gasteiger charge is 2.12. The highest BCUT2D eigenvalue weighted by Crippen LogP contribution is 2.29. The van der Waals surface area contributed by atoms with Gasteiger partial charge in [-0.2, -0.15) is 0 Å². The lowest BCUT2D eigenvalue weighted by Gasteiger charge is -2.20. The summed E-state index contributed by atoms with van der Waals surface area (Å²) < 4.78 is 10.4. The molecule has 1 N–H and O–H groups in total. The highest BCUT2D eigenvalue weighted by atomic mass is 16.5. The summed E-state index contributed by atoms with van der Waals surface area (Å²) in [6.45, 7) is 4.70. The molecule has 1 aromatic carbocycles. The van der Waals surface area contributed by atoms with E-state index in [0.717, 1.165) is 12.8 Å². The number of carbonyl (C=O) groups is 2. The number of methoxy groups -OCH3 is 2. The van der Waals surface area contributed by atoms with Crippen molar-refractivity contribution in [3.8, 4) is 11.5 Å². The van der Waals surface area contributed by atoms with Crippen molar-refractivity contribution in [3.05, 3.63) is 18.2 Å². The van der Waals surface area contributed by atoms with Crippen molar-refractivity contribution in [1.29, 1.82) is 0 Å². The Hall–Kier alpha value is -2.24. The number of anilines is 1. The molecule has 0 aliphatic heterocycles. The number of rotatable bonds is 9. The minimum absolute atomic E-state index is 0.00622. The molecule has 1 rings (SSSR count). The number of ether oxygens (including phenoxy) is 2. The van der Waals surface area contributed by atoms with E-state index >= 15 is 0 Å². The molecule has 23 heavy (non-hydrogen) atoms. The van der Waals surface area contributed by atoms with Gasteiger partial charge in [0.1, 0.15) is 11.5 Å². The summed E-state index contributed by atoms with van der Waals surface area (Å²) in [4.78, 5) is 25.4. The molecule has 0 bridgehead atoms. The van der Waals surface area contributed by atoms with Crippen molar-refractivity contribution in [2.45, 2.75) is 33.1 Å². The molecule has 0 aromatic heterocycles. The monoisotopic (exact) mass is 322 g/mol. The van der Waals surface area contributed by atoms with E-state index in [1.54, 1.807) is 30.2 Å². The summed E-state index contributed by atoms with van der Waals surface area (Å²) in [6, 6.07) is 5.19. The lowest BCUT2D eigenvalue weighted by Crippen LogP contribution is -2.32. The van der Waals surface area contributed by atoms with Crippen LogP contribution in [0.2, 0.25) is 0 Å². The lowest BCUT2D eigenvalue weighted by molar-refractivity contribution is -0.129. The highest BCUT2D eigenvalue weighted by molar-refractivity contribution is 5.92. The Balaban J connectivity index is 2.60. The van der Waals surface area contributed by atoms with Crippen LogP contribution in [-0.4, -0.2) is 44.0 Å². The number of benzene rings is 1. The van der Waals surface area contributed by atoms with Crippen molar-refractivity contribution >= 4 is 17.5 Å². The van der Waals surface area contributed by atoms with Crippen LogP contribution in [0.5, 0.6) is 11.5 Å². The van der Waals surface area contributed by atoms with E-state index in [9.17, 15) is 9.59 Å². The smallest absolute Gasteiger partial charge is 0.226 e. The molecule has 0 aliphatic rings. The van der Waals surface area contributed by atoms with Gasteiger partial charge in [0, 0.05) is 32.5 Å². The normalized spacial score (nSPS) is 10.1. The topological polar surface area (TPSA) is 67.9 Å². The van der Waals surface area contributed by atoms with Gasteiger partial charge in [0.25, 0.3) is 0 Å². The second-order valence-electron chi connectivity index (χ2n) is 5.22. The van der Waals surface area contributed by atoms with Crippen LogP contribution in [0, 0.1) is 0 Å². The third-order valence-electron chi connectivity index (χ3n) is 3.52. The van der Waals surface area contributed by atoms with Gasteiger partial charge >= 0.3 is 0 Å². The number of hydrogen-bond donors (Lipinski definition) is 1. The fraction of sp³-hybridized carbons (Fsp3) is 0.529. The molecule has 0 spiro atoms. The summed E-state index contributed by atoms with van der Waals surface area (Å²) in [5.41, 5.74) is 0.584. The van der Waals surface area contributed by atoms with Crippen LogP contribution < -0.4 is 14.8 Å². The fourth-order valence-corrected chi connectivity index (χ4v) is 2.13. The second kappa shape index (κ2) is 9.71. The van der Waals surface area contributed by atoms with Gasteiger partial charge in [0.15, 0.2) is 0 Å². The fourth-order valence-electron chi connectivity index (χ4n) is 2.13. The summed E-state index contributed by atoms with van der Waals surface area (Å²) in [5.74, 6) is 1.03. The van der Waals surface area contributed by atoms with Crippen molar-refractivity contribution in [3.63, 3.8) is 0 Å². The Labute approximate surface area is 137 Å². The van der Waals surface area contributed by atoms with Crippen LogP contribution in [0.3, 0.4) is 0 Å². The zero-order chi connectivity index (χ0) is 17.2. The average molecular weight is 322 g/mol. The van der Waals surface area contributed by atoms with Crippen LogP contribution in [0.1, 0.15) is 33.1 Å². The van der Waals surface area contributed by atoms with E-state index in [2.05, 4.69) is 12.2 Å². The van der Waals surface area contributed by atoms with Gasteiger partial charge in [-0.3, -0.25) is 9.59 Å². The van der Waals surface area contributed by atoms with Crippen LogP contribution in [-0.2, 0) is 9.59 Å². The number of amides is 2. The van der Waals surface area contributed by atoms with Gasteiger partial charge in [-0.1, -0.05) is 13.3 Å².